The first kappa shape index (κ1) is 13.4. The van der Waals surface area contributed by atoms with Crippen molar-refractivity contribution in [2.45, 2.75) is 26.4 Å². The summed E-state index contributed by atoms with van der Waals surface area (Å²) >= 11 is 0. The summed E-state index contributed by atoms with van der Waals surface area (Å²) in [5.41, 5.74) is 2.87. The number of aromatic nitrogens is 1. The standard InChI is InChI=1S/C16H17N3O2/c1-3-19-10(2)9-12-13(15(19)20)14(18-16(21)17-12)11-7-5-4-6-8-11/h4-9,14H,3H2,1-2H3,(H2,17,18,21). The van der Waals surface area contributed by atoms with E-state index in [0.29, 0.717) is 17.8 Å². The van der Waals surface area contributed by atoms with Crippen molar-refractivity contribution in [3.63, 3.8) is 0 Å². The summed E-state index contributed by atoms with van der Waals surface area (Å²) in [6.07, 6.45) is 0. The van der Waals surface area contributed by atoms with Crippen LogP contribution in [-0.2, 0) is 6.54 Å². The minimum absolute atomic E-state index is 0.0612. The number of fused-ring (bicyclic) bond motifs is 1. The van der Waals surface area contributed by atoms with Crippen molar-refractivity contribution in [1.29, 1.82) is 0 Å². The van der Waals surface area contributed by atoms with Crippen LogP contribution < -0.4 is 16.2 Å². The Bertz CT molecular complexity index is 750. The van der Waals surface area contributed by atoms with Crippen LogP contribution in [0.1, 0.15) is 29.8 Å². The molecule has 1 aliphatic rings. The number of nitrogens with zero attached hydrogens (tertiary/aromatic N) is 1. The molecule has 5 heteroatoms. The molecule has 1 aliphatic heterocycles. The number of pyridine rings is 1. The van der Waals surface area contributed by atoms with E-state index in [1.54, 1.807) is 4.57 Å². The molecule has 2 amide bonds. The monoisotopic (exact) mass is 283 g/mol. The Labute approximate surface area is 122 Å². The Morgan fingerprint density at radius 2 is 1.90 bits per heavy atom. The highest BCUT2D eigenvalue weighted by Gasteiger charge is 2.29. The number of urea groups is 1. The number of amides is 2. The quantitative estimate of drug-likeness (QED) is 0.889. The third-order valence-electron chi connectivity index (χ3n) is 3.81. The molecule has 0 spiro atoms. The van der Waals surface area contributed by atoms with E-state index >= 15 is 0 Å². The van der Waals surface area contributed by atoms with Crippen LogP contribution in [0.25, 0.3) is 0 Å². The maximum atomic E-state index is 12.7. The largest absolute Gasteiger partial charge is 0.327 e. The van der Waals surface area contributed by atoms with Crippen LogP contribution in [0.5, 0.6) is 0 Å². The van der Waals surface area contributed by atoms with Gasteiger partial charge in [0.15, 0.2) is 0 Å². The van der Waals surface area contributed by atoms with Gasteiger partial charge in [0.1, 0.15) is 0 Å². The smallest absolute Gasteiger partial charge is 0.320 e. The normalized spacial score (nSPS) is 16.9. The number of anilines is 1. The number of carbonyl (C=O) groups excluding carboxylic acids is 1. The number of rotatable bonds is 2. The summed E-state index contributed by atoms with van der Waals surface area (Å²) < 4.78 is 1.72. The SMILES string of the molecule is CCn1c(C)cc2c(c1=O)C(c1ccccc1)NC(=O)N2. The molecule has 0 saturated heterocycles. The zero-order chi connectivity index (χ0) is 15.0. The highest BCUT2D eigenvalue weighted by Crippen LogP contribution is 2.29. The summed E-state index contributed by atoms with van der Waals surface area (Å²) in [7, 11) is 0. The van der Waals surface area contributed by atoms with E-state index in [0.717, 1.165) is 11.3 Å². The van der Waals surface area contributed by atoms with Crippen LogP contribution in [0.3, 0.4) is 0 Å². The average molecular weight is 283 g/mol. The molecule has 0 aliphatic carbocycles. The first-order valence-electron chi connectivity index (χ1n) is 6.98. The first-order chi connectivity index (χ1) is 10.1. The molecule has 0 fully saturated rings. The van der Waals surface area contributed by atoms with Gasteiger partial charge in [-0.3, -0.25) is 4.79 Å². The van der Waals surface area contributed by atoms with Crippen molar-refractivity contribution in [3.8, 4) is 0 Å². The van der Waals surface area contributed by atoms with Gasteiger partial charge < -0.3 is 15.2 Å². The van der Waals surface area contributed by atoms with Crippen LogP contribution in [0.4, 0.5) is 10.5 Å². The van der Waals surface area contributed by atoms with E-state index in [-0.39, 0.29) is 11.6 Å². The predicted molar refractivity (Wildman–Crippen MR) is 81.6 cm³/mol. The van der Waals surface area contributed by atoms with Gasteiger partial charge in [0.2, 0.25) is 0 Å². The van der Waals surface area contributed by atoms with Gasteiger partial charge in [-0.15, -0.1) is 0 Å². The number of carbonyl (C=O) groups is 1. The topological polar surface area (TPSA) is 63.1 Å². The first-order valence-corrected chi connectivity index (χ1v) is 6.98. The molecular formula is C16H17N3O2. The Morgan fingerprint density at radius 3 is 2.57 bits per heavy atom. The number of benzene rings is 1. The minimum Gasteiger partial charge on any atom is -0.327 e. The summed E-state index contributed by atoms with van der Waals surface area (Å²) in [6.45, 7) is 4.41. The molecule has 2 heterocycles. The Hall–Kier alpha value is -2.56. The van der Waals surface area contributed by atoms with E-state index in [4.69, 9.17) is 0 Å². The zero-order valence-electron chi connectivity index (χ0n) is 12.0. The lowest BCUT2D eigenvalue weighted by Gasteiger charge is -2.28. The zero-order valence-corrected chi connectivity index (χ0v) is 12.0. The maximum absolute atomic E-state index is 12.7. The van der Waals surface area contributed by atoms with Gasteiger partial charge in [-0.25, -0.2) is 4.79 Å². The third kappa shape index (κ3) is 2.20. The van der Waals surface area contributed by atoms with Crippen molar-refractivity contribution in [1.82, 2.24) is 9.88 Å². The molecule has 3 rings (SSSR count). The number of aryl methyl sites for hydroxylation is 1. The molecule has 21 heavy (non-hydrogen) atoms. The van der Waals surface area contributed by atoms with E-state index < -0.39 is 6.04 Å². The van der Waals surface area contributed by atoms with Crippen molar-refractivity contribution < 1.29 is 4.79 Å². The molecular weight excluding hydrogens is 266 g/mol. The maximum Gasteiger partial charge on any atom is 0.320 e. The predicted octanol–water partition coefficient (Wildman–Crippen LogP) is 2.40. The van der Waals surface area contributed by atoms with Gasteiger partial charge in [0.25, 0.3) is 5.56 Å². The number of nitrogens with one attached hydrogen (secondary N) is 2. The molecule has 108 valence electrons. The summed E-state index contributed by atoms with van der Waals surface area (Å²) in [5.74, 6) is 0. The van der Waals surface area contributed by atoms with E-state index in [2.05, 4.69) is 10.6 Å². The summed E-state index contributed by atoms with van der Waals surface area (Å²) in [4.78, 5) is 24.6. The average Bonchev–Trinajstić information content (AvgIpc) is 2.47. The van der Waals surface area contributed by atoms with Crippen LogP contribution in [0.2, 0.25) is 0 Å². The molecule has 0 saturated carbocycles. The second-order valence-electron chi connectivity index (χ2n) is 5.10. The molecule has 0 bridgehead atoms. The molecule has 2 aromatic rings. The summed E-state index contributed by atoms with van der Waals surface area (Å²) in [5, 5.41) is 5.57. The lowest BCUT2D eigenvalue weighted by molar-refractivity contribution is 0.249. The second kappa shape index (κ2) is 5.09. The fraction of sp³-hybridized carbons (Fsp3) is 0.250. The number of hydrogen-bond acceptors (Lipinski definition) is 2. The van der Waals surface area contributed by atoms with Crippen molar-refractivity contribution in [3.05, 3.63) is 63.6 Å². The van der Waals surface area contributed by atoms with Gasteiger partial charge in [-0.1, -0.05) is 30.3 Å². The molecule has 1 aromatic carbocycles. The molecule has 2 N–H and O–H groups in total. The lowest BCUT2D eigenvalue weighted by Crippen LogP contribution is -2.43. The van der Waals surface area contributed by atoms with E-state index in [1.165, 1.54) is 0 Å². The fourth-order valence-corrected chi connectivity index (χ4v) is 2.82. The Balaban J connectivity index is 2.24. The van der Waals surface area contributed by atoms with E-state index in [9.17, 15) is 9.59 Å². The van der Waals surface area contributed by atoms with Crippen LogP contribution in [0, 0.1) is 6.92 Å². The van der Waals surface area contributed by atoms with Gasteiger partial charge in [0, 0.05) is 12.2 Å². The van der Waals surface area contributed by atoms with Crippen molar-refractivity contribution in [2.75, 3.05) is 5.32 Å². The fourth-order valence-electron chi connectivity index (χ4n) is 2.82. The Morgan fingerprint density at radius 1 is 1.19 bits per heavy atom. The molecule has 1 unspecified atom stereocenters. The highest BCUT2D eigenvalue weighted by atomic mass is 16.2. The van der Waals surface area contributed by atoms with Crippen molar-refractivity contribution in [2.24, 2.45) is 0 Å². The third-order valence-corrected chi connectivity index (χ3v) is 3.81. The second-order valence-corrected chi connectivity index (χ2v) is 5.10. The van der Waals surface area contributed by atoms with Gasteiger partial charge in [0.05, 0.1) is 17.3 Å². The lowest BCUT2D eigenvalue weighted by atomic mass is 9.96. The minimum atomic E-state index is -0.416. The van der Waals surface area contributed by atoms with Crippen molar-refractivity contribution >= 4 is 11.7 Å². The molecule has 1 atom stereocenters. The summed E-state index contributed by atoms with van der Waals surface area (Å²) in [6, 6.07) is 10.7. The van der Waals surface area contributed by atoms with Gasteiger partial charge in [-0.2, -0.15) is 0 Å². The number of hydrogen-bond donors (Lipinski definition) is 2. The van der Waals surface area contributed by atoms with E-state index in [1.807, 2.05) is 50.2 Å². The Kier molecular flexibility index (Phi) is 3.25. The highest BCUT2D eigenvalue weighted by molar-refractivity contribution is 5.93. The van der Waals surface area contributed by atoms with Crippen LogP contribution in [0.15, 0.2) is 41.2 Å². The molecule has 0 radical (unpaired) electrons. The molecule has 1 aromatic heterocycles. The van der Waals surface area contributed by atoms with Crippen LogP contribution in [-0.4, -0.2) is 10.6 Å². The van der Waals surface area contributed by atoms with Crippen LogP contribution >= 0.6 is 0 Å². The van der Waals surface area contributed by atoms with Gasteiger partial charge >= 0.3 is 6.03 Å². The van der Waals surface area contributed by atoms with Gasteiger partial charge in [-0.05, 0) is 25.5 Å². The molecule has 5 nitrogen and oxygen atoms in total.